The fourth-order valence-electron chi connectivity index (χ4n) is 3.67. The van der Waals surface area contributed by atoms with Gasteiger partial charge in [0.15, 0.2) is 5.13 Å². The number of hydrogen-bond acceptors (Lipinski definition) is 5. The lowest BCUT2D eigenvalue weighted by atomic mass is 9.99. The van der Waals surface area contributed by atoms with Gasteiger partial charge >= 0.3 is 0 Å². The molecule has 1 unspecified atom stereocenters. The SMILES string of the molecule is CCc1cccc2sc(NC(=O)C3CCCN(S(=O)(=O)c4ccccc4)C3)nc12. The quantitative estimate of drug-likeness (QED) is 0.667. The highest BCUT2D eigenvalue weighted by Gasteiger charge is 2.33. The fraction of sp³-hybridized carbons (Fsp3) is 0.333. The van der Waals surface area contributed by atoms with Crippen molar-refractivity contribution in [2.75, 3.05) is 18.4 Å². The molecular formula is C21H23N3O3S2. The number of thiazole rings is 1. The third-order valence-electron chi connectivity index (χ3n) is 5.25. The first-order valence-corrected chi connectivity index (χ1v) is 12.0. The van der Waals surface area contributed by atoms with Crippen LogP contribution in [0.15, 0.2) is 53.4 Å². The number of benzene rings is 2. The van der Waals surface area contributed by atoms with Crippen LogP contribution in [0.1, 0.15) is 25.3 Å². The van der Waals surface area contributed by atoms with Gasteiger partial charge in [-0.15, -0.1) is 0 Å². The molecule has 29 heavy (non-hydrogen) atoms. The molecule has 0 radical (unpaired) electrons. The summed E-state index contributed by atoms with van der Waals surface area (Å²) in [6, 6.07) is 14.4. The molecule has 2 heterocycles. The average molecular weight is 430 g/mol. The van der Waals surface area contributed by atoms with Gasteiger partial charge in [-0.1, -0.05) is 48.6 Å². The molecule has 1 N–H and O–H groups in total. The van der Waals surface area contributed by atoms with Gasteiger partial charge in [0.2, 0.25) is 15.9 Å². The van der Waals surface area contributed by atoms with Crippen LogP contribution in [0.3, 0.4) is 0 Å². The smallest absolute Gasteiger partial charge is 0.243 e. The molecular weight excluding hydrogens is 406 g/mol. The highest BCUT2D eigenvalue weighted by Crippen LogP contribution is 2.30. The predicted octanol–water partition coefficient (Wildman–Crippen LogP) is 3.90. The van der Waals surface area contributed by atoms with Crippen LogP contribution in [0, 0.1) is 5.92 Å². The molecule has 1 aromatic heterocycles. The van der Waals surface area contributed by atoms with Crippen LogP contribution in [0.2, 0.25) is 0 Å². The van der Waals surface area contributed by atoms with E-state index in [2.05, 4.69) is 17.2 Å². The zero-order chi connectivity index (χ0) is 20.4. The van der Waals surface area contributed by atoms with E-state index in [0.717, 1.165) is 22.2 Å². The molecule has 1 aliphatic heterocycles. The number of amides is 1. The van der Waals surface area contributed by atoms with E-state index in [4.69, 9.17) is 0 Å². The normalized spacial score (nSPS) is 18.0. The first-order valence-electron chi connectivity index (χ1n) is 9.73. The molecule has 1 saturated heterocycles. The van der Waals surface area contributed by atoms with Crippen molar-refractivity contribution in [2.45, 2.75) is 31.1 Å². The molecule has 2 aromatic carbocycles. The number of nitrogens with zero attached hydrogens (tertiary/aromatic N) is 2. The number of piperidine rings is 1. The molecule has 0 aliphatic carbocycles. The Morgan fingerprint density at radius 2 is 2.00 bits per heavy atom. The molecule has 1 fully saturated rings. The second-order valence-electron chi connectivity index (χ2n) is 7.14. The van der Waals surface area contributed by atoms with Crippen molar-refractivity contribution in [3.05, 3.63) is 54.1 Å². The van der Waals surface area contributed by atoms with Crippen molar-refractivity contribution in [2.24, 2.45) is 5.92 Å². The van der Waals surface area contributed by atoms with Crippen LogP contribution in [0.4, 0.5) is 5.13 Å². The zero-order valence-corrected chi connectivity index (χ0v) is 17.8. The highest BCUT2D eigenvalue weighted by molar-refractivity contribution is 7.89. The summed E-state index contributed by atoms with van der Waals surface area (Å²) in [4.78, 5) is 17.7. The van der Waals surface area contributed by atoms with E-state index < -0.39 is 10.0 Å². The van der Waals surface area contributed by atoms with Gasteiger partial charge in [0.1, 0.15) is 0 Å². The minimum absolute atomic E-state index is 0.171. The third kappa shape index (κ3) is 4.05. The van der Waals surface area contributed by atoms with Crippen molar-refractivity contribution in [3.63, 3.8) is 0 Å². The number of carbonyl (C=O) groups is 1. The second-order valence-corrected chi connectivity index (χ2v) is 10.1. The van der Waals surface area contributed by atoms with E-state index in [9.17, 15) is 13.2 Å². The summed E-state index contributed by atoms with van der Waals surface area (Å²) in [6.45, 7) is 2.70. The Hall–Kier alpha value is -2.29. The van der Waals surface area contributed by atoms with Gasteiger partial charge < -0.3 is 5.32 Å². The van der Waals surface area contributed by atoms with Crippen LogP contribution in [-0.2, 0) is 21.2 Å². The number of aromatic nitrogens is 1. The van der Waals surface area contributed by atoms with Gasteiger partial charge in [0.05, 0.1) is 21.0 Å². The number of rotatable bonds is 5. The Bertz CT molecular complexity index is 1130. The van der Waals surface area contributed by atoms with E-state index in [1.807, 2.05) is 18.2 Å². The largest absolute Gasteiger partial charge is 0.302 e. The third-order valence-corrected chi connectivity index (χ3v) is 8.06. The van der Waals surface area contributed by atoms with Crippen LogP contribution in [-0.4, -0.2) is 36.7 Å². The van der Waals surface area contributed by atoms with E-state index in [1.165, 1.54) is 15.6 Å². The maximum atomic E-state index is 12.9. The van der Waals surface area contributed by atoms with Crippen LogP contribution < -0.4 is 5.32 Å². The van der Waals surface area contributed by atoms with Crippen LogP contribution >= 0.6 is 11.3 Å². The molecule has 8 heteroatoms. The Labute approximate surface area is 174 Å². The van der Waals surface area contributed by atoms with Gasteiger partial charge in [0, 0.05) is 13.1 Å². The van der Waals surface area contributed by atoms with Crippen molar-refractivity contribution >= 4 is 42.6 Å². The number of fused-ring (bicyclic) bond motifs is 1. The summed E-state index contributed by atoms with van der Waals surface area (Å²) in [5.74, 6) is -0.560. The van der Waals surface area contributed by atoms with Crippen LogP contribution in [0.5, 0.6) is 0 Å². The molecule has 0 spiro atoms. The number of sulfonamides is 1. The van der Waals surface area contributed by atoms with E-state index in [-0.39, 0.29) is 23.3 Å². The minimum Gasteiger partial charge on any atom is -0.302 e. The highest BCUT2D eigenvalue weighted by atomic mass is 32.2. The fourth-order valence-corrected chi connectivity index (χ4v) is 6.13. The average Bonchev–Trinajstić information content (AvgIpc) is 3.17. The first-order chi connectivity index (χ1) is 14.0. The number of carbonyl (C=O) groups excluding carboxylic acids is 1. The molecule has 152 valence electrons. The summed E-state index contributed by atoms with van der Waals surface area (Å²) in [6.07, 6.45) is 2.20. The van der Waals surface area contributed by atoms with E-state index in [0.29, 0.717) is 24.5 Å². The van der Waals surface area contributed by atoms with Gasteiger partial charge in [-0.2, -0.15) is 4.31 Å². The predicted molar refractivity (Wildman–Crippen MR) is 116 cm³/mol. The zero-order valence-electron chi connectivity index (χ0n) is 16.2. The number of hydrogen-bond donors (Lipinski definition) is 1. The molecule has 1 amide bonds. The van der Waals surface area contributed by atoms with Gasteiger partial charge in [-0.05, 0) is 43.0 Å². The monoisotopic (exact) mass is 429 g/mol. The molecule has 1 atom stereocenters. The summed E-state index contributed by atoms with van der Waals surface area (Å²) < 4.78 is 28.2. The molecule has 1 aliphatic rings. The lowest BCUT2D eigenvalue weighted by Gasteiger charge is -2.31. The molecule has 3 aromatic rings. The molecule has 0 saturated carbocycles. The summed E-state index contributed by atoms with van der Waals surface area (Å²) in [7, 11) is -3.59. The van der Waals surface area contributed by atoms with Gasteiger partial charge in [-0.3, -0.25) is 4.79 Å². The maximum absolute atomic E-state index is 12.9. The topological polar surface area (TPSA) is 79.4 Å². The Kier molecular flexibility index (Phi) is 5.67. The number of anilines is 1. The Morgan fingerprint density at radius 1 is 1.21 bits per heavy atom. The maximum Gasteiger partial charge on any atom is 0.243 e. The molecule has 4 rings (SSSR count). The molecule has 6 nitrogen and oxygen atoms in total. The first kappa shape index (κ1) is 20.0. The summed E-state index contributed by atoms with van der Waals surface area (Å²) in [5, 5.41) is 3.47. The lowest BCUT2D eigenvalue weighted by Crippen LogP contribution is -2.43. The van der Waals surface area contributed by atoms with Crippen molar-refractivity contribution in [1.29, 1.82) is 0 Å². The minimum atomic E-state index is -3.59. The van der Waals surface area contributed by atoms with Gasteiger partial charge in [-0.25, -0.2) is 13.4 Å². The Balaban J connectivity index is 1.49. The van der Waals surface area contributed by atoms with E-state index in [1.54, 1.807) is 30.3 Å². The summed E-state index contributed by atoms with van der Waals surface area (Å²) >= 11 is 1.45. The van der Waals surface area contributed by atoms with Crippen molar-refractivity contribution < 1.29 is 13.2 Å². The van der Waals surface area contributed by atoms with Crippen molar-refractivity contribution in [1.82, 2.24) is 9.29 Å². The number of para-hydroxylation sites is 1. The van der Waals surface area contributed by atoms with E-state index >= 15 is 0 Å². The lowest BCUT2D eigenvalue weighted by molar-refractivity contribution is -0.120. The number of aryl methyl sites for hydroxylation is 1. The van der Waals surface area contributed by atoms with Gasteiger partial charge in [0.25, 0.3) is 0 Å². The molecule has 0 bridgehead atoms. The summed E-state index contributed by atoms with van der Waals surface area (Å²) in [5.41, 5.74) is 2.07. The second kappa shape index (κ2) is 8.22. The Morgan fingerprint density at radius 3 is 2.76 bits per heavy atom. The van der Waals surface area contributed by atoms with Crippen molar-refractivity contribution in [3.8, 4) is 0 Å². The standard InChI is InChI=1S/C21H23N3O3S2/c1-2-15-8-6-12-18-19(15)22-21(28-18)23-20(25)16-9-7-13-24(14-16)29(26,27)17-10-4-3-5-11-17/h3-6,8,10-12,16H,2,7,9,13-14H2,1H3,(H,22,23,25). The van der Waals surface area contributed by atoms with Crippen LogP contribution in [0.25, 0.3) is 10.2 Å². The number of nitrogens with one attached hydrogen (secondary N) is 1.